The maximum atomic E-state index is 12.5. The number of aromatic amines is 1. The van der Waals surface area contributed by atoms with Gasteiger partial charge in [0.2, 0.25) is 5.95 Å². The van der Waals surface area contributed by atoms with Crippen LogP contribution in [0.1, 0.15) is 30.9 Å². The normalized spacial score (nSPS) is 11.2. The molecule has 0 atom stereocenters. The number of benzene rings is 2. The standard InChI is InChI=1S/C19H18N4O3S.C2H6/c1-11-9-14(17-12(2)22-26-13(17)3)10-16-18(11)21-19(20-16)23-27(24,25)15-7-5-4-6-8-15;1-2/h4-10H,1-3H3,(H2,20,21,23);1-2H3. The summed E-state index contributed by atoms with van der Waals surface area (Å²) >= 11 is 0. The molecular formula is C21H24N4O3S. The molecule has 152 valence electrons. The van der Waals surface area contributed by atoms with Crippen LogP contribution >= 0.6 is 0 Å². The minimum Gasteiger partial charge on any atom is -0.361 e. The first-order chi connectivity index (χ1) is 13.8. The number of aryl methyl sites for hydroxylation is 3. The molecule has 4 aromatic rings. The van der Waals surface area contributed by atoms with E-state index in [1.165, 1.54) is 12.1 Å². The van der Waals surface area contributed by atoms with Gasteiger partial charge in [0.15, 0.2) is 0 Å². The van der Waals surface area contributed by atoms with E-state index in [9.17, 15) is 8.42 Å². The molecule has 0 fully saturated rings. The van der Waals surface area contributed by atoms with Crippen LogP contribution in [0.2, 0.25) is 0 Å². The highest BCUT2D eigenvalue weighted by Gasteiger charge is 2.18. The van der Waals surface area contributed by atoms with E-state index in [1.54, 1.807) is 18.2 Å². The van der Waals surface area contributed by atoms with Crippen LogP contribution < -0.4 is 4.72 Å². The minimum absolute atomic E-state index is 0.174. The predicted molar refractivity (Wildman–Crippen MR) is 114 cm³/mol. The molecule has 2 aromatic heterocycles. The lowest BCUT2D eigenvalue weighted by molar-refractivity contribution is 0.393. The van der Waals surface area contributed by atoms with Crippen molar-refractivity contribution in [2.45, 2.75) is 39.5 Å². The molecule has 4 rings (SSSR count). The maximum absolute atomic E-state index is 12.5. The van der Waals surface area contributed by atoms with Crippen LogP contribution in [0.15, 0.2) is 51.9 Å². The summed E-state index contributed by atoms with van der Waals surface area (Å²) < 4.78 is 32.8. The van der Waals surface area contributed by atoms with Crippen LogP contribution in [0.5, 0.6) is 0 Å². The van der Waals surface area contributed by atoms with E-state index in [0.717, 1.165) is 33.7 Å². The number of aromatic nitrogens is 3. The van der Waals surface area contributed by atoms with Gasteiger partial charge >= 0.3 is 0 Å². The van der Waals surface area contributed by atoms with Gasteiger partial charge in [-0.25, -0.2) is 18.1 Å². The summed E-state index contributed by atoms with van der Waals surface area (Å²) in [5, 5.41) is 4.00. The van der Waals surface area contributed by atoms with E-state index in [1.807, 2.05) is 46.8 Å². The first-order valence-corrected chi connectivity index (χ1v) is 10.8. The Morgan fingerprint density at radius 1 is 1.03 bits per heavy atom. The average molecular weight is 413 g/mol. The Kier molecular flexibility index (Phi) is 5.74. The topological polar surface area (TPSA) is 101 Å². The maximum Gasteiger partial charge on any atom is 0.264 e. The van der Waals surface area contributed by atoms with Crippen molar-refractivity contribution in [2.75, 3.05) is 4.72 Å². The monoisotopic (exact) mass is 412 g/mol. The number of nitrogens with one attached hydrogen (secondary N) is 2. The van der Waals surface area contributed by atoms with Gasteiger partial charge < -0.3 is 9.51 Å². The smallest absolute Gasteiger partial charge is 0.264 e. The highest BCUT2D eigenvalue weighted by Crippen LogP contribution is 2.31. The largest absolute Gasteiger partial charge is 0.361 e. The first-order valence-electron chi connectivity index (χ1n) is 9.36. The Balaban J connectivity index is 0.00000117. The van der Waals surface area contributed by atoms with Crippen molar-refractivity contribution in [2.24, 2.45) is 0 Å². The van der Waals surface area contributed by atoms with Crippen molar-refractivity contribution in [1.29, 1.82) is 0 Å². The molecule has 0 saturated carbocycles. The van der Waals surface area contributed by atoms with Gasteiger partial charge in [0, 0.05) is 5.56 Å². The van der Waals surface area contributed by atoms with E-state index in [4.69, 9.17) is 4.52 Å². The number of H-pyrrole nitrogens is 1. The summed E-state index contributed by atoms with van der Waals surface area (Å²) in [6.45, 7) is 9.68. The average Bonchev–Trinajstić information content (AvgIpc) is 3.26. The van der Waals surface area contributed by atoms with E-state index >= 15 is 0 Å². The zero-order chi connectivity index (χ0) is 21.2. The molecule has 29 heavy (non-hydrogen) atoms. The molecule has 0 bridgehead atoms. The van der Waals surface area contributed by atoms with Crippen molar-refractivity contribution in [1.82, 2.24) is 15.1 Å². The molecule has 8 heteroatoms. The predicted octanol–water partition coefficient (Wildman–Crippen LogP) is 4.97. The Bertz CT molecular complexity index is 1220. The molecule has 2 N–H and O–H groups in total. The Labute approximate surface area is 170 Å². The van der Waals surface area contributed by atoms with Gasteiger partial charge in [0.05, 0.1) is 21.6 Å². The van der Waals surface area contributed by atoms with Crippen LogP contribution in [-0.4, -0.2) is 23.5 Å². The zero-order valence-electron chi connectivity index (χ0n) is 17.1. The van der Waals surface area contributed by atoms with Gasteiger partial charge in [-0.2, -0.15) is 0 Å². The quantitative estimate of drug-likeness (QED) is 0.493. The van der Waals surface area contributed by atoms with E-state index in [-0.39, 0.29) is 10.8 Å². The second-order valence-electron chi connectivity index (χ2n) is 6.39. The summed E-state index contributed by atoms with van der Waals surface area (Å²) in [4.78, 5) is 7.64. The van der Waals surface area contributed by atoms with Crippen molar-refractivity contribution in [3.05, 3.63) is 59.5 Å². The van der Waals surface area contributed by atoms with Crippen LogP contribution in [-0.2, 0) is 10.0 Å². The Morgan fingerprint density at radius 3 is 2.34 bits per heavy atom. The highest BCUT2D eigenvalue weighted by molar-refractivity contribution is 7.92. The van der Waals surface area contributed by atoms with Gasteiger partial charge in [-0.15, -0.1) is 0 Å². The molecule has 0 unspecified atom stereocenters. The minimum atomic E-state index is -3.71. The summed E-state index contributed by atoms with van der Waals surface area (Å²) in [6, 6.07) is 12.1. The van der Waals surface area contributed by atoms with Gasteiger partial charge in [-0.1, -0.05) is 37.2 Å². The molecule has 0 saturated heterocycles. The number of fused-ring (bicyclic) bond motifs is 1. The van der Waals surface area contributed by atoms with Crippen LogP contribution in [0.3, 0.4) is 0 Å². The summed E-state index contributed by atoms with van der Waals surface area (Å²) in [5.41, 5.74) is 5.03. The molecule has 2 aromatic carbocycles. The van der Waals surface area contributed by atoms with Crippen LogP contribution in [0.4, 0.5) is 5.95 Å². The van der Waals surface area contributed by atoms with Gasteiger partial charge in [-0.05, 0) is 56.2 Å². The molecule has 0 radical (unpaired) electrons. The van der Waals surface area contributed by atoms with Crippen molar-refractivity contribution < 1.29 is 12.9 Å². The fraction of sp³-hybridized carbons (Fsp3) is 0.238. The van der Waals surface area contributed by atoms with Crippen molar-refractivity contribution in [3.8, 4) is 11.1 Å². The van der Waals surface area contributed by atoms with E-state index in [2.05, 4.69) is 19.8 Å². The van der Waals surface area contributed by atoms with Gasteiger partial charge in [0.25, 0.3) is 10.0 Å². The Morgan fingerprint density at radius 2 is 1.72 bits per heavy atom. The van der Waals surface area contributed by atoms with Crippen LogP contribution in [0, 0.1) is 20.8 Å². The molecular weight excluding hydrogens is 388 g/mol. The number of anilines is 1. The molecule has 0 aliphatic rings. The van der Waals surface area contributed by atoms with Crippen molar-refractivity contribution in [3.63, 3.8) is 0 Å². The van der Waals surface area contributed by atoms with E-state index < -0.39 is 10.0 Å². The fourth-order valence-electron chi connectivity index (χ4n) is 3.16. The molecule has 0 amide bonds. The van der Waals surface area contributed by atoms with Gasteiger partial charge in [-0.3, -0.25) is 0 Å². The number of sulfonamides is 1. The third kappa shape index (κ3) is 4.02. The summed E-state index contributed by atoms with van der Waals surface area (Å²) in [6.07, 6.45) is 0. The number of rotatable bonds is 4. The summed E-state index contributed by atoms with van der Waals surface area (Å²) in [5.74, 6) is 0.906. The number of nitrogens with zero attached hydrogens (tertiary/aromatic N) is 2. The summed E-state index contributed by atoms with van der Waals surface area (Å²) in [7, 11) is -3.71. The number of hydrogen-bond acceptors (Lipinski definition) is 5. The number of hydrogen-bond donors (Lipinski definition) is 2. The molecule has 0 aliphatic carbocycles. The molecule has 0 spiro atoms. The molecule has 2 heterocycles. The lowest BCUT2D eigenvalue weighted by Crippen LogP contribution is -2.13. The van der Waals surface area contributed by atoms with E-state index in [0.29, 0.717) is 5.52 Å². The second kappa shape index (κ2) is 8.08. The Hall–Kier alpha value is -3.13. The molecule has 7 nitrogen and oxygen atoms in total. The van der Waals surface area contributed by atoms with Gasteiger partial charge in [0.1, 0.15) is 5.76 Å². The third-order valence-corrected chi connectivity index (χ3v) is 5.74. The fourth-order valence-corrected chi connectivity index (χ4v) is 4.15. The first kappa shape index (κ1) is 20.6. The van der Waals surface area contributed by atoms with Crippen molar-refractivity contribution >= 4 is 27.0 Å². The number of imidazole rings is 1. The highest BCUT2D eigenvalue weighted by atomic mass is 32.2. The van der Waals surface area contributed by atoms with Crippen LogP contribution in [0.25, 0.3) is 22.2 Å². The SMILES string of the molecule is CC.Cc1noc(C)c1-c1cc(C)c2nc(NS(=O)(=O)c3ccccc3)[nH]c2c1. The second-order valence-corrected chi connectivity index (χ2v) is 8.07. The third-order valence-electron chi connectivity index (χ3n) is 4.38. The molecule has 0 aliphatic heterocycles. The lowest BCUT2D eigenvalue weighted by Gasteiger charge is -2.04. The lowest BCUT2D eigenvalue weighted by atomic mass is 10.0. The zero-order valence-corrected chi connectivity index (χ0v) is 17.9.